The third-order valence-electron chi connectivity index (χ3n) is 3.82. The monoisotopic (exact) mass is 400 g/mol. The lowest BCUT2D eigenvalue weighted by Gasteiger charge is -2.14. The van der Waals surface area contributed by atoms with Crippen molar-refractivity contribution in [2.75, 3.05) is 5.32 Å². The summed E-state index contributed by atoms with van der Waals surface area (Å²) in [5.74, 6) is -0.00401. The van der Waals surface area contributed by atoms with E-state index in [-0.39, 0.29) is 11.2 Å². The lowest BCUT2D eigenvalue weighted by Crippen LogP contribution is -2.25. The number of nitrogens with one attached hydrogen (secondary N) is 1. The lowest BCUT2D eigenvalue weighted by atomic mass is 10.1. The lowest BCUT2D eigenvalue weighted by molar-refractivity contribution is -0.115. The molecule has 1 N–H and O–H groups in total. The van der Waals surface area contributed by atoms with Crippen LogP contribution in [0.25, 0.3) is 5.69 Å². The molecule has 7 heteroatoms. The van der Waals surface area contributed by atoms with Crippen LogP contribution in [-0.2, 0) is 11.2 Å². The van der Waals surface area contributed by atoms with Crippen molar-refractivity contribution in [3.05, 3.63) is 65.2 Å². The van der Waals surface area contributed by atoms with Crippen molar-refractivity contribution < 1.29 is 4.79 Å². The van der Waals surface area contributed by atoms with Crippen LogP contribution in [-0.4, -0.2) is 25.9 Å². The first-order valence-electron chi connectivity index (χ1n) is 7.41. The SMILES string of the molecule is O=C(Nc1cc(Br)ccc1-n1cncn1)C1Cc2ccccc2S1. The number of hydrogen-bond donors (Lipinski definition) is 1. The zero-order chi connectivity index (χ0) is 16.5. The fourth-order valence-corrected chi connectivity index (χ4v) is 4.24. The molecule has 0 bridgehead atoms. The summed E-state index contributed by atoms with van der Waals surface area (Å²) in [6, 6.07) is 13.8. The normalized spacial score (nSPS) is 16.0. The molecule has 0 radical (unpaired) electrons. The highest BCUT2D eigenvalue weighted by Crippen LogP contribution is 2.37. The Kier molecular flexibility index (Phi) is 4.12. The number of hydrogen-bond acceptors (Lipinski definition) is 4. The highest BCUT2D eigenvalue weighted by atomic mass is 79.9. The predicted molar refractivity (Wildman–Crippen MR) is 97.5 cm³/mol. The number of rotatable bonds is 3. The summed E-state index contributed by atoms with van der Waals surface area (Å²) < 4.78 is 2.53. The maximum Gasteiger partial charge on any atom is 0.238 e. The van der Waals surface area contributed by atoms with E-state index in [0.717, 1.165) is 16.6 Å². The molecule has 1 aromatic heterocycles. The number of benzene rings is 2. The van der Waals surface area contributed by atoms with Crippen molar-refractivity contribution in [2.24, 2.45) is 0 Å². The van der Waals surface area contributed by atoms with Crippen LogP contribution in [0.4, 0.5) is 5.69 Å². The number of carbonyl (C=O) groups is 1. The third-order valence-corrected chi connectivity index (χ3v) is 5.63. The molecule has 0 aliphatic carbocycles. The molecule has 24 heavy (non-hydrogen) atoms. The first-order valence-corrected chi connectivity index (χ1v) is 9.08. The molecule has 120 valence electrons. The largest absolute Gasteiger partial charge is 0.323 e. The van der Waals surface area contributed by atoms with E-state index in [1.807, 2.05) is 30.3 Å². The van der Waals surface area contributed by atoms with Gasteiger partial charge in [-0.1, -0.05) is 34.1 Å². The highest BCUT2D eigenvalue weighted by molar-refractivity contribution is 9.10. The van der Waals surface area contributed by atoms with E-state index in [9.17, 15) is 4.79 Å². The number of fused-ring (bicyclic) bond motifs is 1. The number of amides is 1. The van der Waals surface area contributed by atoms with Gasteiger partial charge in [-0.15, -0.1) is 11.8 Å². The van der Waals surface area contributed by atoms with Gasteiger partial charge >= 0.3 is 0 Å². The summed E-state index contributed by atoms with van der Waals surface area (Å²) in [4.78, 5) is 17.9. The number of thioether (sulfide) groups is 1. The fourth-order valence-electron chi connectivity index (χ4n) is 2.68. The summed E-state index contributed by atoms with van der Waals surface area (Å²) in [6.45, 7) is 0. The first-order chi connectivity index (χ1) is 11.7. The van der Waals surface area contributed by atoms with Gasteiger partial charge in [-0.2, -0.15) is 5.10 Å². The number of carbonyl (C=O) groups excluding carboxylic acids is 1. The zero-order valence-electron chi connectivity index (χ0n) is 12.5. The van der Waals surface area contributed by atoms with Gasteiger partial charge in [0.2, 0.25) is 5.91 Å². The number of nitrogens with zero attached hydrogens (tertiary/aromatic N) is 3. The summed E-state index contributed by atoms with van der Waals surface area (Å²) in [7, 11) is 0. The number of aromatic nitrogens is 3. The van der Waals surface area contributed by atoms with Gasteiger partial charge in [-0.05, 0) is 36.2 Å². The molecule has 0 fully saturated rings. The molecule has 1 unspecified atom stereocenters. The van der Waals surface area contributed by atoms with Crippen LogP contribution < -0.4 is 5.32 Å². The van der Waals surface area contributed by atoms with Crippen molar-refractivity contribution in [3.63, 3.8) is 0 Å². The first kappa shape index (κ1) is 15.4. The van der Waals surface area contributed by atoms with E-state index >= 15 is 0 Å². The second-order valence-corrected chi connectivity index (χ2v) is 7.57. The Bertz CT molecular complexity index is 872. The van der Waals surface area contributed by atoms with E-state index in [1.54, 1.807) is 22.8 Å². The zero-order valence-corrected chi connectivity index (χ0v) is 14.9. The fraction of sp³-hybridized carbons (Fsp3) is 0.118. The molecule has 0 saturated heterocycles. The minimum absolute atomic E-state index is 0.00401. The van der Waals surface area contributed by atoms with Gasteiger partial charge in [0, 0.05) is 9.37 Å². The van der Waals surface area contributed by atoms with E-state index < -0.39 is 0 Å². The molecule has 0 saturated carbocycles. The van der Waals surface area contributed by atoms with Crippen LogP contribution in [0.3, 0.4) is 0 Å². The van der Waals surface area contributed by atoms with E-state index in [4.69, 9.17) is 0 Å². The van der Waals surface area contributed by atoms with Crippen molar-refractivity contribution in [1.82, 2.24) is 14.8 Å². The molecule has 4 rings (SSSR count). The quantitative estimate of drug-likeness (QED) is 0.728. The Morgan fingerprint density at radius 3 is 2.96 bits per heavy atom. The van der Waals surface area contributed by atoms with Crippen LogP contribution >= 0.6 is 27.7 Å². The topological polar surface area (TPSA) is 59.8 Å². The minimum atomic E-state index is -0.120. The molecule has 1 atom stereocenters. The molecule has 3 aromatic rings. The summed E-state index contributed by atoms with van der Waals surface area (Å²) >= 11 is 5.07. The minimum Gasteiger partial charge on any atom is -0.323 e. The molecule has 2 heterocycles. The van der Waals surface area contributed by atoms with Crippen molar-refractivity contribution in [3.8, 4) is 5.69 Å². The molecule has 2 aromatic carbocycles. The molecular formula is C17H13BrN4OS. The summed E-state index contributed by atoms with van der Waals surface area (Å²) in [5.41, 5.74) is 2.72. The average molecular weight is 401 g/mol. The average Bonchev–Trinajstić information content (AvgIpc) is 3.24. The van der Waals surface area contributed by atoms with Gasteiger partial charge in [-0.25, -0.2) is 9.67 Å². The van der Waals surface area contributed by atoms with Gasteiger partial charge in [0.25, 0.3) is 0 Å². The predicted octanol–water partition coefficient (Wildman–Crippen LogP) is 3.69. The van der Waals surface area contributed by atoms with Crippen molar-refractivity contribution in [1.29, 1.82) is 0 Å². The number of anilines is 1. The van der Waals surface area contributed by atoms with Gasteiger partial charge in [0.05, 0.1) is 16.6 Å². The van der Waals surface area contributed by atoms with Crippen LogP contribution in [0, 0.1) is 0 Å². The van der Waals surface area contributed by atoms with Crippen LogP contribution in [0.1, 0.15) is 5.56 Å². The molecule has 5 nitrogen and oxygen atoms in total. The molecule has 0 spiro atoms. The Morgan fingerprint density at radius 2 is 2.17 bits per heavy atom. The maximum absolute atomic E-state index is 12.7. The van der Waals surface area contributed by atoms with Gasteiger partial charge in [0.1, 0.15) is 12.7 Å². The Hall–Kier alpha value is -2.12. The summed E-state index contributed by atoms with van der Waals surface area (Å²) in [6.07, 6.45) is 3.83. The van der Waals surface area contributed by atoms with Crippen LogP contribution in [0.15, 0.2) is 64.5 Å². The van der Waals surface area contributed by atoms with Gasteiger partial charge in [-0.3, -0.25) is 4.79 Å². The maximum atomic E-state index is 12.7. The van der Waals surface area contributed by atoms with Crippen LogP contribution in [0.5, 0.6) is 0 Å². The molecular weight excluding hydrogens is 388 g/mol. The van der Waals surface area contributed by atoms with E-state index in [0.29, 0.717) is 5.69 Å². The second kappa shape index (κ2) is 6.41. The van der Waals surface area contributed by atoms with Crippen molar-refractivity contribution >= 4 is 39.3 Å². The van der Waals surface area contributed by atoms with Gasteiger partial charge in [0.15, 0.2) is 0 Å². The van der Waals surface area contributed by atoms with E-state index in [2.05, 4.69) is 43.5 Å². The smallest absolute Gasteiger partial charge is 0.238 e. The highest BCUT2D eigenvalue weighted by Gasteiger charge is 2.28. The van der Waals surface area contributed by atoms with E-state index in [1.165, 1.54) is 16.8 Å². The standard InChI is InChI=1S/C17H13BrN4OS/c18-12-5-6-14(22-10-19-9-20-22)13(8-12)21-17(23)16-7-11-3-1-2-4-15(11)24-16/h1-6,8-10,16H,7H2,(H,21,23). The van der Waals surface area contributed by atoms with Crippen LogP contribution in [0.2, 0.25) is 0 Å². The molecule has 1 aliphatic heterocycles. The Balaban J connectivity index is 1.58. The Morgan fingerprint density at radius 1 is 1.29 bits per heavy atom. The number of halogens is 1. The summed E-state index contributed by atoms with van der Waals surface area (Å²) in [5, 5.41) is 7.07. The third kappa shape index (κ3) is 2.97. The second-order valence-electron chi connectivity index (χ2n) is 5.41. The van der Waals surface area contributed by atoms with Gasteiger partial charge < -0.3 is 5.32 Å². The Labute approximate surface area is 151 Å². The van der Waals surface area contributed by atoms with Crippen molar-refractivity contribution in [2.45, 2.75) is 16.6 Å². The molecule has 1 aliphatic rings. The molecule has 1 amide bonds.